The molecule has 0 heterocycles. The fourth-order valence-corrected chi connectivity index (χ4v) is 1.58. The van der Waals surface area contributed by atoms with Crippen molar-refractivity contribution in [3.63, 3.8) is 0 Å². The van der Waals surface area contributed by atoms with Gasteiger partial charge in [0.15, 0.2) is 0 Å². The molecule has 0 fully saturated rings. The standard InChI is InChI=1S/C14H13ClN2O/c1-17(12-5-3-2-4-6-12)14(16)18-13-9-7-11(15)8-10-13/h2-10,16H,1H3. The lowest BCUT2D eigenvalue weighted by Gasteiger charge is -2.19. The molecule has 2 rings (SSSR count). The van der Waals surface area contributed by atoms with E-state index in [-0.39, 0.29) is 6.02 Å². The van der Waals surface area contributed by atoms with Gasteiger partial charge in [0.2, 0.25) is 0 Å². The lowest BCUT2D eigenvalue weighted by atomic mass is 10.3. The van der Waals surface area contributed by atoms with E-state index in [0.29, 0.717) is 10.8 Å². The van der Waals surface area contributed by atoms with Crippen molar-refractivity contribution in [2.75, 3.05) is 11.9 Å². The summed E-state index contributed by atoms with van der Waals surface area (Å²) in [6, 6.07) is 16.6. The molecule has 0 bridgehead atoms. The average Bonchev–Trinajstić information content (AvgIpc) is 2.41. The van der Waals surface area contributed by atoms with E-state index in [9.17, 15) is 0 Å². The SMILES string of the molecule is CN(C(=N)Oc1ccc(Cl)cc1)c1ccccc1. The predicted octanol–water partition coefficient (Wildman–Crippen LogP) is 3.79. The summed E-state index contributed by atoms with van der Waals surface area (Å²) in [5.74, 6) is 0.590. The highest BCUT2D eigenvalue weighted by atomic mass is 35.5. The van der Waals surface area contributed by atoms with Gasteiger partial charge in [0.1, 0.15) is 5.75 Å². The van der Waals surface area contributed by atoms with Gasteiger partial charge in [-0.15, -0.1) is 0 Å². The molecule has 0 amide bonds. The number of amidine groups is 1. The van der Waals surface area contributed by atoms with Gasteiger partial charge in [-0.1, -0.05) is 29.8 Å². The molecule has 0 saturated carbocycles. The van der Waals surface area contributed by atoms with Crippen LogP contribution in [0.3, 0.4) is 0 Å². The van der Waals surface area contributed by atoms with Crippen LogP contribution in [0.5, 0.6) is 5.75 Å². The summed E-state index contributed by atoms with van der Waals surface area (Å²) in [7, 11) is 1.79. The number of anilines is 1. The number of ether oxygens (including phenoxy) is 1. The van der Waals surface area contributed by atoms with Gasteiger partial charge in [-0.3, -0.25) is 10.3 Å². The lowest BCUT2D eigenvalue weighted by molar-refractivity contribution is 0.531. The summed E-state index contributed by atoms with van der Waals surface area (Å²) in [6.07, 6.45) is 0. The first-order chi connectivity index (χ1) is 8.66. The molecule has 0 aliphatic heterocycles. The molecular formula is C14H13ClN2O. The fraction of sp³-hybridized carbons (Fsp3) is 0.0714. The van der Waals surface area contributed by atoms with Crippen LogP contribution in [0.2, 0.25) is 5.02 Å². The fourth-order valence-electron chi connectivity index (χ4n) is 1.45. The van der Waals surface area contributed by atoms with Crippen molar-refractivity contribution < 1.29 is 4.74 Å². The Kier molecular flexibility index (Phi) is 3.85. The van der Waals surface area contributed by atoms with Crippen LogP contribution in [0.15, 0.2) is 54.6 Å². The highest BCUT2D eigenvalue weighted by molar-refractivity contribution is 6.30. The molecule has 3 nitrogen and oxygen atoms in total. The molecule has 2 aromatic carbocycles. The molecule has 2 aromatic rings. The van der Waals surface area contributed by atoms with E-state index in [1.807, 2.05) is 30.3 Å². The van der Waals surface area contributed by atoms with Crippen LogP contribution in [-0.2, 0) is 0 Å². The van der Waals surface area contributed by atoms with Crippen LogP contribution in [0.25, 0.3) is 0 Å². The van der Waals surface area contributed by atoms with E-state index in [1.54, 1.807) is 36.2 Å². The first-order valence-corrected chi connectivity index (χ1v) is 5.85. The van der Waals surface area contributed by atoms with Crippen molar-refractivity contribution >= 4 is 23.3 Å². The number of hydrogen-bond donors (Lipinski definition) is 1. The molecule has 0 atom stereocenters. The minimum absolute atomic E-state index is 0.0588. The number of benzene rings is 2. The Labute approximate surface area is 111 Å². The largest absolute Gasteiger partial charge is 0.426 e. The van der Waals surface area contributed by atoms with E-state index in [2.05, 4.69) is 0 Å². The molecule has 0 unspecified atom stereocenters. The smallest absolute Gasteiger partial charge is 0.294 e. The molecular weight excluding hydrogens is 248 g/mol. The zero-order chi connectivity index (χ0) is 13.0. The number of halogens is 1. The first-order valence-electron chi connectivity index (χ1n) is 5.47. The second-order valence-corrected chi connectivity index (χ2v) is 4.19. The number of nitrogens with zero attached hydrogens (tertiary/aromatic N) is 1. The zero-order valence-electron chi connectivity index (χ0n) is 9.93. The second-order valence-electron chi connectivity index (χ2n) is 3.76. The lowest BCUT2D eigenvalue weighted by Crippen LogP contribution is -2.30. The van der Waals surface area contributed by atoms with Crippen LogP contribution in [0, 0.1) is 5.41 Å². The van der Waals surface area contributed by atoms with E-state index in [4.69, 9.17) is 21.7 Å². The summed E-state index contributed by atoms with van der Waals surface area (Å²) >= 11 is 5.79. The molecule has 18 heavy (non-hydrogen) atoms. The van der Waals surface area contributed by atoms with Crippen molar-refractivity contribution in [2.45, 2.75) is 0 Å². The van der Waals surface area contributed by atoms with Crippen molar-refractivity contribution in [2.24, 2.45) is 0 Å². The second kappa shape index (κ2) is 5.56. The zero-order valence-corrected chi connectivity index (χ0v) is 10.7. The van der Waals surface area contributed by atoms with Gasteiger partial charge in [0.25, 0.3) is 6.02 Å². The highest BCUT2D eigenvalue weighted by Crippen LogP contribution is 2.17. The average molecular weight is 261 g/mol. The van der Waals surface area contributed by atoms with Crippen molar-refractivity contribution in [1.29, 1.82) is 5.41 Å². The molecule has 4 heteroatoms. The molecule has 0 radical (unpaired) electrons. The van der Waals surface area contributed by atoms with Crippen molar-refractivity contribution in [1.82, 2.24) is 0 Å². The van der Waals surface area contributed by atoms with Gasteiger partial charge in [-0.2, -0.15) is 0 Å². The van der Waals surface area contributed by atoms with E-state index in [1.165, 1.54) is 0 Å². The van der Waals surface area contributed by atoms with E-state index < -0.39 is 0 Å². The predicted molar refractivity (Wildman–Crippen MR) is 74.7 cm³/mol. The Balaban J connectivity index is 2.06. The Morgan fingerprint density at radius 2 is 1.67 bits per heavy atom. The molecule has 0 aliphatic rings. The highest BCUT2D eigenvalue weighted by Gasteiger charge is 2.08. The Bertz CT molecular complexity index is 525. The van der Waals surface area contributed by atoms with Gasteiger partial charge >= 0.3 is 0 Å². The maximum atomic E-state index is 7.89. The number of nitrogens with one attached hydrogen (secondary N) is 1. The Morgan fingerprint density at radius 3 is 2.28 bits per heavy atom. The molecule has 0 aliphatic carbocycles. The molecule has 0 spiro atoms. The maximum absolute atomic E-state index is 7.89. The van der Waals surface area contributed by atoms with E-state index >= 15 is 0 Å². The minimum Gasteiger partial charge on any atom is -0.426 e. The third-order valence-electron chi connectivity index (χ3n) is 2.48. The van der Waals surface area contributed by atoms with Gasteiger partial charge in [0, 0.05) is 17.8 Å². The molecule has 1 N–H and O–H groups in total. The van der Waals surface area contributed by atoms with E-state index in [0.717, 1.165) is 5.69 Å². The van der Waals surface area contributed by atoms with Gasteiger partial charge in [0.05, 0.1) is 0 Å². The van der Waals surface area contributed by atoms with Gasteiger partial charge < -0.3 is 4.74 Å². The summed E-state index contributed by atoms with van der Waals surface area (Å²) < 4.78 is 5.44. The molecule has 0 aromatic heterocycles. The summed E-state index contributed by atoms with van der Waals surface area (Å²) in [5.41, 5.74) is 0.900. The third kappa shape index (κ3) is 3.02. The third-order valence-corrected chi connectivity index (χ3v) is 2.73. The summed E-state index contributed by atoms with van der Waals surface area (Å²) in [4.78, 5) is 1.66. The Morgan fingerprint density at radius 1 is 1.06 bits per heavy atom. The topological polar surface area (TPSA) is 36.3 Å². The number of para-hydroxylation sites is 1. The maximum Gasteiger partial charge on any atom is 0.294 e. The Hall–Kier alpha value is -2.00. The minimum atomic E-state index is 0.0588. The van der Waals surface area contributed by atoms with Crippen molar-refractivity contribution in [3.8, 4) is 5.75 Å². The van der Waals surface area contributed by atoms with Crippen molar-refractivity contribution in [3.05, 3.63) is 59.6 Å². The van der Waals surface area contributed by atoms with Crippen LogP contribution >= 0.6 is 11.6 Å². The number of rotatable bonds is 2. The van der Waals surface area contributed by atoms with Crippen LogP contribution in [0.4, 0.5) is 5.69 Å². The van der Waals surface area contributed by atoms with Crippen LogP contribution in [0.1, 0.15) is 0 Å². The number of hydrogen-bond acceptors (Lipinski definition) is 2. The van der Waals surface area contributed by atoms with Gasteiger partial charge in [-0.25, -0.2) is 0 Å². The summed E-state index contributed by atoms with van der Waals surface area (Å²) in [5, 5.41) is 8.54. The normalized spacial score (nSPS) is 9.89. The first kappa shape index (κ1) is 12.5. The van der Waals surface area contributed by atoms with Crippen LogP contribution < -0.4 is 9.64 Å². The molecule has 92 valence electrons. The molecule has 0 saturated heterocycles. The monoisotopic (exact) mass is 260 g/mol. The quantitative estimate of drug-likeness (QED) is 0.659. The van der Waals surface area contributed by atoms with Gasteiger partial charge in [-0.05, 0) is 36.4 Å². The van der Waals surface area contributed by atoms with Crippen LogP contribution in [-0.4, -0.2) is 13.1 Å². The summed E-state index contributed by atoms with van der Waals surface area (Å²) in [6.45, 7) is 0.